The average Bonchev–Trinajstić information content (AvgIpc) is 2.36. The van der Waals surface area contributed by atoms with Crippen LogP contribution in [0.4, 0.5) is 13.2 Å². The zero-order valence-corrected chi connectivity index (χ0v) is 12.3. The van der Waals surface area contributed by atoms with Gasteiger partial charge in [0.25, 0.3) is 0 Å². The Morgan fingerprint density at radius 2 is 1.86 bits per heavy atom. The van der Waals surface area contributed by atoms with Crippen molar-refractivity contribution in [3.63, 3.8) is 0 Å². The Kier molecular flexibility index (Phi) is 5.77. The molecular weight excluding hydrogens is 307 g/mol. The second kappa shape index (κ2) is 6.76. The van der Waals surface area contributed by atoms with Crippen molar-refractivity contribution in [2.24, 2.45) is 5.73 Å². The lowest BCUT2D eigenvalue weighted by Crippen LogP contribution is -2.27. The summed E-state index contributed by atoms with van der Waals surface area (Å²) in [6, 6.07) is 9.02. The van der Waals surface area contributed by atoms with Crippen molar-refractivity contribution in [3.8, 4) is 0 Å². The van der Waals surface area contributed by atoms with Crippen LogP contribution in [0.1, 0.15) is 36.8 Å². The lowest BCUT2D eigenvalue weighted by molar-refractivity contribution is -0.0510. The molecule has 0 bridgehead atoms. The van der Waals surface area contributed by atoms with E-state index < -0.39 is 15.6 Å². The molecule has 0 spiro atoms. The smallest absolute Gasteiger partial charge is 0.327 e. The highest BCUT2D eigenvalue weighted by Gasteiger charge is 2.44. The maximum Gasteiger partial charge on any atom is 0.522 e. The van der Waals surface area contributed by atoms with Gasteiger partial charge in [-0.3, -0.25) is 4.55 Å². The predicted octanol–water partition coefficient (Wildman–Crippen LogP) is 2.85. The Bertz CT molecular complexity index is 570. The van der Waals surface area contributed by atoms with Crippen LogP contribution in [0.3, 0.4) is 0 Å². The number of halogens is 3. The van der Waals surface area contributed by atoms with Gasteiger partial charge < -0.3 is 5.73 Å². The molecule has 0 aliphatic heterocycles. The van der Waals surface area contributed by atoms with Crippen molar-refractivity contribution < 1.29 is 26.1 Å². The Morgan fingerprint density at radius 1 is 1.33 bits per heavy atom. The van der Waals surface area contributed by atoms with Crippen LogP contribution in [0.15, 0.2) is 24.3 Å². The topological polar surface area (TPSA) is 80.4 Å². The minimum absolute atomic E-state index is 0.293. The van der Waals surface area contributed by atoms with Crippen LogP contribution in [-0.2, 0) is 16.5 Å². The molecule has 1 aromatic carbocycles. The first-order valence-corrected chi connectivity index (χ1v) is 7.85. The molecule has 0 heterocycles. The largest absolute Gasteiger partial charge is 0.522 e. The summed E-state index contributed by atoms with van der Waals surface area (Å²) in [4.78, 5) is 0. The van der Waals surface area contributed by atoms with Gasteiger partial charge >= 0.3 is 15.6 Å². The quantitative estimate of drug-likeness (QED) is 0.614. The number of fused-ring (bicyclic) bond motifs is 1. The molecule has 3 N–H and O–H groups in total. The Hall–Kier alpha value is -1.12. The third-order valence-corrected chi connectivity index (χ3v) is 3.93. The number of alkyl halides is 3. The van der Waals surface area contributed by atoms with Crippen LogP contribution < -0.4 is 5.73 Å². The van der Waals surface area contributed by atoms with E-state index in [0.717, 1.165) is 0 Å². The first kappa shape index (κ1) is 17.9. The van der Waals surface area contributed by atoms with Crippen molar-refractivity contribution in [3.05, 3.63) is 35.4 Å². The molecule has 1 aliphatic rings. The standard InChI is InChI=1S/C12H17N.CHF3O3S/c1-9(13)11-8-4-6-10-5-2-3-7-12(10)11;2-1(3,4)8(5,6)7/h2-3,5,7,9,11H,4,6,8,13H2,1H3;(H,5,6,7). The highest BCUT2D eigenvalue weighted by molar-refractivity contribution is 7.86. The monoisotopic (exact) mass is 325 g/mol. The highest BCUT2D eigenvalue weighted by Crippen LogP contribution is 2.32. The highest BCUT2D eigenvalue weighted by atomic mass is 32.2. The molecule has 0 fully saturated rings. The number of rotatable bonds is 1. The zero-order chi connectivity index (χ0) is 16.3. The van der Waals surface area contributed by atoms with E-state index in [2.05, 4.69) is 31.2 Å². The van der Waals surface area contributed by atoms with Gasteiger partial charge in [-0.1, -0.05) is 24.3 Å². The van der Waals surface area contributed by atoms with Gasteiger partial charge in [-0.2, -0.15) is 21.6 Å². The number of hydrogen-bond donors (Lipinski definition) is 2. The van der Waals surface area contributed by atoms with Crippen molar-refractivity contribution in [2.45, 2.75) is 43.7 Å². The van der Waals surface area contributed by atoms with Crippen LogP contribution >= 0.6 is 0 Å². The van der Waals surface area contributed by atoms with Crippen molar-refractivity contribution in [1.82, 2.24) is 0 Å². The van der Waals surface area contributed by atoms with Gasteiger partial charge in [-0.25, -0.2) is 0 Å². The van der Waals surface area contributed by atoms with Crippen LogP contribution in [-0.4, -0.2) is 24.5 Å². The maximum absolute atomic E-state index is 10.7. The van der Waals surface area contributed by atoms with Gasteiger partial charge in [0.15, 0.2) is 0 Å². The Labute approximate surface area is 121 Å². The molecule has 2 atom stereocenters. The Morgan fingerprint density at radius 3 is 2.33 bits per heavy atom. The third-order valence-electron chi connectivity index (χ3n) is 3.34. The molecule has 120 valence electrons. The first-order valence-electron chi connectivity index (χ1n) is 6.41. The lowest BCUT2D eigenvalue weighted by atomic mass is 9.79. The van der Waals surface area contributed by atoms with E-state index in [4.69, 9.17) is 18.7 Å². The molecule has 0 radical (unpaired) electrons. The normalized spacial score (nSPS) is 20.0. The molecule has 2 unspecified atom stereocenters. The van der Waals surface area contributed by atoms with Crippen LogP contribution in [0.5, 0.6) is 0 Å². The molecule has 1 aliphatic carbocycles. The van der Waals surface area contributed by atoms with E-state index >= 15 is 0 Å². The molecular formula is C13H18F3NO3S. The molecule has 8 heteroatoms. The minimum atomic E-state index is -5.84. The second-order valence-corrected chi connectivity index (χ2v) is 6.39. The summed E-state index contributed by atoms with van der Waals surface area (Å²) in [5.74, 6) is 0.588. The van der Waals surface area contributed by atoms with E-state index in [0.29, 0.717) is 12.0 Å². The molecule has 4 nitrogen and oxygen atoms in total. The summed E-state index contributed by atoms with van der Waals surface area (Å²) in [6.45, 7) is 2.12. The lowest BCUT2D eigenvalue weighted by Gasteiger charge is -2.28. The van der Waals surface area contributed by atoms with Gasteiger partial charge in [0.05, 0.1) is 0 Å². The summed E-state index contributed by atoms with van der Waals surface area (Å²) in [5.41, 5.74) is 3.45. The van der Waals surface area contributed by atoms with Gasteiger partial charge in [0.2, 0.25) is 0 Å². The SMILES string of the molecule is CC(N)C1CCCc2ccccc21.O=S(=O)(O)C(F)(F)F. The number of aryl methyl sites for hydroxylation is 1. The molecule has 0 saturated heterocycles. The summed E-state index contributed by atoms with van der Waals surface area (Å²) in [6.07, 6.45) is 3.79. The van der Waals surface area contributed by atoms with Gasteiger partial charge in [0, 0.05) is 6.04 Å². The van der Waals surface area contributed by atoms with E-state index in [1.165, 1.54) is 30.4 Å². The summed E-state index contributed by atoms with van der Waals surface area (Å²) in [7, 11) is -5.84. The number of nitrogens with two attached hydrogens (primary N) is 1. The molecule has 0 aromatic heterocycles. The molecule has 0 amide bonds. The summed E-state index contributed by atoms with van der Waals surface area (Å²) >= 11 is 0. The van der Waals surface area contributed by atoms with Gasteiger partial charge in [0.1, 0.15) is 0 Å². The van der Waals surface area contributed by atoms with Crippen LogP contribution in [0, 0.1) is 0 Å². The fourth-order valence-electron chi connectivity index (χ4n) is 2.34. The predicted molar refractivity (Wildman–Crippen MR) is 73.4 cm³/mol. The fraction of sp³-hybridized carbons (Fsp3) is 0.538. The summed E-state index contributed by atoms with van der Waals surface area (Å²) < 4.78 is 57.5. The zero-order valence-electron chi connectivity index (χ0n) is 11.5. The maximum atomic E-state index is 10.7. The summed E-state index contributed by atoms with van der Waals surface area (Å²) in [5, 5.41) is 0. The molecule has 1 aromatic rings. The minimum Gasteiger partial charge on any atom is -0.327 e. The van der Waals surface area contributed by atoms with Crippen molar-refractivity contribution >= 4 is 10.1 Å². The van der Waals surface area contributed by atoms with E-state index in [1.807, 2.05) is 0 Å². The van der Waals surface area contributed by atoms with Crippen molar-refractivity contribution in [1.29, 1.82) is 0 Å². The second-order valence-electron chi connectivity index (χ2n) is 4.98. The Balaban J connectivity index is 0.000000240. The average molecular weight is 325 g/mol. The third kappa shape index (κ3) is 4.98. The van der Waals surface area contributed by atoms with E-state index in [9.17, 15) is 13.2 Å². The van der Waals surface area contributed by atoms with Gasteiger partial charge in [-0.05, 0) is 43.2 Å². The van der Waals surface area contributed by atoms with E-state index in [-0.39, 0.29) is 0 Å². The van der Waals surface area contributed by atoms with Gasteiger partial charge in [-0.15, -0.1) is 0 Å². The molecule has 2 rings (SSSR count). The molecule has 0 saturated carbocycles. The van der Waals surface area contributed by atoms with Crippen molar-refractivity contribution in [2.75, 3.05) is 0 Å². The number of benzene rings is 1. The van der Waals surface area contributed by atoms with Crippen LogP contribution in [0.25, 0.3) is 0 Å². The number of hydrogen-bond acceptors (Lipinski definition) is 3. The fourth-order valence-corrected chi connectivity index (χ4v) is 2.34. The van der Waals surface area contributed by atoms with Crippen LogP contribution in [0.2, 0.25) is 0 Å². The first-order chi connectivity index (χ1) is 9.54. The van der Waals surface area contributed by atoms with E-state index in [1.54, 1.807) is 0 Å². The molecule has 21 heavy (non-hydrogen) atoms.